The summed E-state index contributed by atoms with van der Waals surface area (Å²) in [4.78, 5) is 17.4. The van der Waals surface area contributed by atoms with Gasteiger partial charge in [-0.15, -0.1) is 0 Å². The van der Waals surface area contributed by atoms with Gasteiger partial charge in [-0.3, -0.25) is 14.6 Å². The summed E-state index contributed by atoms with van der Waals surface area (Å²) in [6, 6.07) is 2.67. The molecule has 1 N–H and O–H groups in total. The molecule has 0 radical (unpaired) electrons. The van der Waals surface area contributed by atoms with Crippen LogP contribution in [0.3, 0.4) is 0 Å². The maximum Gasteiger partial charge on any atom is 0.224 e. The van der Waals surface area contributed by atoms with E-state index in [2.05, 4.69) is 15.1 Å². The molecule has 0 aliphatic carbocycles. The van der Waals surface area contributed by atoms with Crippen molar-refractivity contribution in [2.24, 2.45) is 5.92 Å². The first-order valence-electron chi connectivity index (χ1n) is 9.50. The Morgan fingerprint density at radius 2 is 2.16 bits per heavy atom. The molecule has 3 heterocycles. The Morgan fingerprint density at radius 3 is 2.88 bits per heavy atom. The standard InChI is InChI=1S/C19H31N3O3/c1-24-12-7-20-19(23)17-3-2-8-22(14-17)18-4-9-21(10-5-18)13-16-6-11-25-15-16/h6,11,15,17-18H,2-5,7-10,12-14H2,1H3,(H,20,23)/t17-/m1/s1. The van der Waals surface area contributed by atoms with Gasteiger partial charge in [-0.25, -0.2) is 0 Å². The molecule has 1 amide bonds. The van der Waals surface area contributed by atoms with Gasteiger partial charge in [-0.1, -0.05) is 0 Å². The van der Waals surface area contributed by atoms with E-state index in [9.17, 15) is 4.79 Å². The molecule has 1 atom stereocenters. The summed E-state index contributed by atoms with van der Waals surface area (Å²) in [7, 11) is 1.66. The smallest absolute Gasteiger partial charge is 0.224 e. The van der Waals surface area contributed by atoms with Gasteiger partial charge in [-0.05, 0) is 51.4 Å². The summed E-state index contributed by atoms with van der Waals surface area (Å²) in [5.74, 6) is 0.328. The molecule has 2 aliphatic rings. The minimum Gasteiger partial charge on any atom is -0.472 e. The van der Waals surface area contributed by atoms with Gasteiger partial charge in [0.05, 0.1) is 25.1 Å². The summed E-state index contributed by atoms with van der Waals surface area (Å²) in [5.41, 5.74) is 1.25. The number of furan rings is 1. The van der Waals surface area contributed by atoms with Crippen LogP contribution in [0.5, 0.6) is 0 Å². The zero-order chi connectivity index (χ0) is 17.5. The number of methoxy groups -OCH3 is 1. The molecule has 6 heteroatoms. The van der Waals surface area contributed by atoms with Crippen LogP contribution in [-0.4, -0.2) is 68.2 Å². The summed E-state index contributed by atoms with van der Waals surface area (Å²) >= 11 is 0. The highest BCUT2D eigenvalue weighted by atomic mass is 16.5. The molecule has 2 aliphatic heterocycles. The van der Waals surface area contributed by atoms with Crippen LogP contribution in [0.2, 0.25) is 0 Å². The van der Waals surface area contributed by atoms with Crippen molar-refractivity contribution in [3.05, 3.63) is 24.2 Å². The number of likely N-dealkylation sites (tertiary alicyclic amines) is 2. The fraction of sp³-hybridized carbons (Fsp3) is 0.737. The van der Waals surface area contributed by atoms with E-state index in [4.69, 9.17) is 9.15 Å². The SMILES string of the molecule is COCCNC(=O)[C@@H]1CCCN(C2CCN(Cc3ccoc3)CC2)C1. The molecular weight excluding hydrogens is 318 g/mol. The van der Waals surface area contributed by atoms with Crippen LogP contribution in [0.15, 0.2) is 23.0 Å². The third-order valence-electron chi connectivity index (χ3n) is 5.49. The molecule has 0 aromatic carbocycles. The average molecular weight is 349 g/mol. The number of amides is 1. The maximum atomic E-state index is 12.3. The van der Waals surface area contributed by atoms with E-state index in [1.165, 1.54) is 18.4 Å². The molecule has 2 saturated heterocycles. The molecule has 3 rings (SSSR count). The molecule has 2 fully saturated rings. The topological polar surface area (TPSA) is 58.0 Å². The number of rotatable bonds is 7. The largest absolute Gasteiger partial charge is 0.472 e. The Balaban J connectivity index is 1.42. The van der Waals surface area contributed by atoms with Gasteiger partial charge in [0.25, 0.3) is 0 Å². The molecule has 1 aromatic rings. The summed E-state index contributed by atoms with van der Waals surface area (Å²) in [5, 5.41) is 3.00. The number of carbonyl (C=O) groups excluding carboxylic acids is 1. The second kappa shape index (κ2) is 9.36. The van der Waals surface area contributed by atoms with Crippen LogP contribution in [0.25, 0.3) is 0 Å². The van der Waals surface area contributed by atoms with Gasteiger partial charge >= 0.3 is 0 Å². The predicted octanol–water partition coefficient (Wildman–Crippen LogP) is 1.72. The van der Waals surface area contributed by atoms with Crippen molar-refractivity contribution in [1.82, 2.24) is 15.1 Å². The van der Waals surface area contributed by atoms with E-state index in [-0.39, 0.29) is 11.8 Å². The lowest BCUT2D eigenvalue weighted by molar-refractivity contribution is -0.127. The van der Waals surface area contributed by atoms with Crippen LogP contribution < -0.4 is 5.32 Å². The molecule has 0 unspecified atom stereocenters. The fourth-order valence-corrected chi connectivity index (χ4v) is 4.06. The zero-order valence-electron chi connectivity index (χ0n) is 15.3. The molecule has 0 saturated carbocycles. The van der Waals surface area contributed by atoms with Crippen molar-refractivity contribution < 1.29 is 13.9 Å². The lowest BCUT2D eigenvalue weighted by atomic mass is 9.93. The summed E-state index contributed by atoms with van der Waals surface area (Å²) < 4.78 is 10.2. The third-order valence-corrected chi connectivity index (χ3v) is 5.49. The normalized spacial score (nSPS) is 23.6. The predicted molar refractivity (Wildman–Crippen MR) is 96.2 cm³/mol. The van der Waals surface area contributed by atoms with Gasteiger partial charge in [0.2, 0.25) is 5.91 Å². The van der Waals surface area contributed by atoms with Gasteiger partial charge in [0.15, 0.2) is 0 Å². The number of piperidine rings is 2. The van der Waals surface area contributed by atoms with Gasteiger partial charge in [0, 0.05) is 38.3 Å². The molecular formula is C19H31N3O3. The molecule has 0 bridgehead atoms. The number of nitrogens with one attached hydrogen (secondary N) is 1. The van der Waals surface area contributed by atoms with Crippen LogP contribution in [0, 0.1) is 5.92 Å². The van der Waals surface area contributed by atoms with Crippen molar-refractivity contribution >= 4 is 5.91 Å². The van der Waals surface area contributed by atoms with Crippen molar-refractivity contribution in [2.75, 3.05) is 46.4 Å². The van der Waals surface area contributed by atoms with Crippen molar-refractivity contribution in [3.8, 4) is 0 Å². The first-order valence-corrected chi connectivity index (χ1v) is 9.50. The van der Waals surface area contributed by atoms with E-state index in [0.29, 0.717) is 19.2 Å². The average Bonchev–Trinajstić information content (AvgIpc) is 3.16. The van der Waals surface area contributed by atoms with Crippen LogP contribution in [0.1, 0.15) is 31.2 Å². The fourth-order valence-electron chi connectivity index (χ4n) is 4.06. The second-order valence-corrected chi connectivity index (χ2v) is 7.26. The lowest BCUT2D eigenvalue weighted by Gasteiger charge is -2.42. The number of carbonyl (C=O) groups is 1. The molecule has 6 nitrogen and oxygen atoms in total. The number of hydrogen-bond acceptors (Lipinski definition) is 5. The maximum absolute atomic E-state index is 12.3. The highest BCUT2D eigenvalue weighted by Crippen LogP contribution is 2.24. The van der Waals surface area contributed by atoms with Gasteiger partial charge in [-0.2, -0.15) is 0 Å². The van der Waals surface area contributed by atoms with Crippen LogP contribution in [-0.2, 0) is 16.1 Å². The highest BCUT2D eigenvalue weighted by molar-refractivity contribution is 5.78. The Bertz CT molecular complexity index is 512. The lowest BCUT2D eigenvalue weighted by Crippen LogP contribution is -2.50. The Hall–Kier alpha value is -1.37. The minimum atomic E-state index is 0.134. The molecule has 140 valence electrons. The Morgan fingerprint density at radius 1 is 1.32 bits per heavy atom. The summed E-state index contributed by atoms with van der Waals surface area (Å²) in [6.45, 7) is 6.46. The first-order chi connectivity index (χ1) is 12.3. The Kier molecular flexibility index (Phi) is 6.90. The summed E-state index contributed by atoms with van der Waals surface area (Å²) in [6.07, 6.45) is 8.09. The third kappa shape index (κ3) is 5.30. The number of ether oxygens (including phenoxy) is 1. The van der Waals surface area contributed by atoms with Crippen molar-refractivity contribution in [2.45, 2.75) is 38.3 Å². The first kappa shape index (κ1) is 18.4. The molecule has 0 spiro atoms. The number of hydrogen-bond donors (Lipinski definition) is 1. The molecule has 25 heavy (non-hydrogen) atoms. The van der Waals surface area contributed by atoms with E-state index >= 15 is 0 Å². The minimum absolute atomic E-state index is 0.134. The Labute approximate surface area is 150 Å². The van der Waals surface area contributed by atoms with Crippen LogP contribution in [0.4, 0.5) is 0 Å². The van der Waals surface area contributed by atoms with Gasteiger partial charge < -0.3 is 14.5 Å². The highest BCUT2D eigenvalue weighted by Gasteiger charge is 2.31. The van der Waals surface area contributed by atoms with Crippen molar-refractivity contribution in [3.63, 3.8) is 0 Å². The van der Waals surface area contributed by atoms with E-state index in [1.54, 1.807) is 13.4 Å². The second-order valence-electron chi connectivity index (χ2n) is 7.26. The monoisotopic (exact) mass is 349 g/mol. The van der Waals surface area contributed by atoms with E-state index in [0.717, 1.165) is 45.6 Å². The van der Waals surface area contributed by atoms with Gasteiger partial charge in [0.1, 0.15) is 0 Å². The van der Waals surface area contributed by atoms with E-state index in [1.807, 2.05) is 12.3 Å². The molecule has 1 aromatic heterocycles. The van der Waals surface area contributed by atoms with E-state index < -0.39 is 0 Å². The quantitative estimate of drug-likeness (QED) is 0.760. The number of nitrogens with zero attached hydrogens (tertiary/aromatic N) is 2. The van der Waals surface area contributed by atoms with Crippen LogP contribution >= 0.6 is 0 Å². The zero-order valence-corrected chi connectivity index (χ0v) is 15.3. The van der Waals surface area contributed by atoms with Crippen molar-refractivity contribution in [1.29, 1.82) is 0 Å².